The zero-order valence-corrected chi connectivity index (χ0v) is 11.0. The average Bonchev–Trinajstić information content (AvgIpc) is 2.40. The first-order chi connectivity index (χ1) is 8.59. The van der Waals surface area contributed by atoms with E-state index in [0.717, 1.165) is 11.1 Å². The van der Waals surface area contributed by atoms with Gasteiger partial charge < -0.3 is 5.32 Å². The summed E-state index contributed by atoms with van der Waals surface area (Å²) in [6.07, 6.45) is 3.16. The third-order valence-electron chi connectivity index (χ3n) is 2.85. The summed E-state index contributed by atoms with van der Waals surface area (Å²) in [6, 6.07) is 7.06. The number of nitrogens with one attached hydrogen (secondary N) is 1. The van der Waals surface area contributed by atoms with E-state index in [2.05, 4.69) is 10.3 Å². The van der Waals surface area contributed by atoms with Crippen molar-refractivity contribution >= 4 is 23.2 Å². The van der Waals surface area contributed by atoms with Gasteiger partial charge in [0.25, 0.3) is 5.91 Å². The average molecular weight is 261 g/mol. The van der Waals surface area contributed by atoms with Gasteiger partial charge in [-0.2, -0.15) is 0 Å². The molecule has 0 unspecified atom stereocenters. The Morgan fingerprint density at radius 2 is 1.83 bits per heavy atom. The lowest BCUT2D eigenvalue weighted by Gasteiger charge is -2.10. The van der Waals surface area contributed by atoms with E-state index in [4.69, 9.17) is 11.6 Å². The van der Waals surface area contributed by atoms with Crippen molar-refractivity contribution in [3.05, 3.63) is 58.4 Å². The zero-order valence-electron chi connectivity index (χ0n) is 10.2. The molecule has 0 atom stereocenters. The van der Waals surface area contributed by atoms with E-state index in [1.165, 1.54) is 0 Å². The molecule has 0 aliphatic heterocycles. The van der Waals surface area contributed by atoms with Crippen LogP contribution in [-0.2, 0) is 0 Å². The second kappa shape index (κ2) is 5.19. The molecule has 1 N–H and O–H groups in total. The Bertz CT molecular complexity index is 582. The summed E-state index contributed by atoms with van der Waals surface area (Å²) in [5.74, 6) is -0.192. The molecule has 0 saturated heterocycles. The van der Waals surface area contributed by atoms with Gasteiger partial charge in [0, 0.05) is 18.0 Å². The maximum absolute atomic E-state index is 12.0. The highest BCUT2D eigenvalue weighted by atomic mass is 35.5. The highest BCUT2D eigenvalue weighted by Gasteiger charge is 2.10. The quantitative estimate of drug-likeness (QED) is 0.896. The van der Waals surface area contributed by atoms with Gasteiger partial charge in [0.1, 0.15) is 0 Å². The Hall–Kier alpha value is -1.87. The Labute approximate surface area is 111 Å². The summed E-state index contributed by atoms with van der Waals surface area (Å²) in [5.41, 5.74) is 3.26. The predicted octanol–water partition coefficient (Wildman–Crippen LogP) is 3.60. The van der Waals surface area contributed by atoms with Gasteiger partial charge >= 0.3 is 0 Å². The Balaban J connectivity index is 2.26. The van der Waals surface area contributed by atoms with Gasteiger partial charge in [-0.15, -0.1) is 0 Å². The van der Waals surface area contributed by atoms with Crippen LogP contribution in [0, 0.1) is 13.8 Å². The van der Waals surface area contributed by atoms with Crippen molar-refractivity contribution in [3.63, 3.8) is 0 Å². The second-order valence-electron chi connectivity index (χ2n) is 4.06. The SMILES string of the molecule is Cc1ccc(NC(=O)c2ccncc2)c(Cl)c1C. The van der Waals surface area contributed by atoms with E-state index in [-0.39, 0.29) is 5.91 Å². The van der Waals surface area contributed by atoms with Crippen LogP contribution in [0.2, 0.25) is 5.02 Å². The van der Waals surface area contributed by atoms with E-state index in [9.17, 15) is 4.79 Å². The smallest absolute Gasteiger partial charge is 0.255 e. The number of rotatable bonds is 2. The normalized spacial score (nSPS) is 10.2. The molecule has 2 aromatic rings. The van der Waals surface area contributed by atoms with Crippen molar-refractivity contribution in [2.45, 2.75) is 13.8 Å². The summed E-state index contributed by atoms with van der Waals surface area (Å²) in [7, 11) is 0. The molecule has 18 heavy (non-hydrogen) atoms. The van der Waals surface area contributed by atoms with Crippen LogP contribution in [0.1, 0.15) is 21.5 Å². The third kappa shape index (κ3) is 2.51. The molecule has 1 aromatic carbocycles. The molecule has 0 spiro atoms. The van der Waals surface area contributed by atoms with Crippen LogP contribution in [0.15, 0.2) is 36.7 Å². The minimum absolute atomic E-state index is 0.192. The van der Waals surface area contributed by atoms with Gasteiger partial charge in [0.05, 0.1) is 10.7 Å². The predicted molar refractivity (Wildman–Crippen MR) is 73.1 cm³/mol. The van der Waals surface area contributed by atoms with Crippen molar-refractivity contribution in [3.8, 4) is 0 Å². The summed E-state index contributed by atoms with van der Waals surface area (Å²) >= 11 is 6.20. The van der Waals surface area contributed by atoms with Crippen LogP contribution < -0.4 is 5.32 Å². The van der Waals surface area contributed by atoms with Crippen LogP contribution >= 0.6 is 11.6 Å². The van der Waals surface area contributed by atoms with Crippen molar-refractivity contribution in [1.29, 1.82) is 0 Å². The number of halogens is 1. The number of carbonyl (C=O) groups excluding carboxylic acids is 1. The number of carbonyl (C=O) groups is 1. The molecule has 0 saturated carbocycles. The highest BCUT2D eigenvalue weighted by molar-refractivity contribution is 6.34. The van der Waals surface area contributed by atoms with Crippen LogP contribution in [0.3, 0.4) is 0 Å². The lowest BCUT2D eigenvalue weighted by Crippen LogP contribution is -2.12. The van der Waals surface area contributed by atoms with Crippen LogP contribution in [-0.4, -0.2) is 10.9 Å². The van der Waals surface area contributed by atoms with E-state index in [1.54, 1.807) is 24.5 Å². The standard InChI is InChI=1S/C14H13ClN2O/c1-9-3-4-12(13(15)10(9)2)17-14(18)11-5-7-16-8-6-11/h3-8H,1-2H3,(H,17,18). The molecular formula is C14H13ClN2O. The number of aryl methyl sites for hydroxylation is 1. The van der Waals surface area contributed by atoms with Crippen molar-refractivity contribution in [2.24, 2.45) is 0 Å². The fourth-order valence-corrected chi connectivity index (χ4v) is 1.84. The minimum Gasteiger partial charge on any atom is -0.321 e. The Morgan fingerprint density at radius 3 is 2.50 bits per heavy atom. The summed E-state index contributed by atoms with van der Waals surface area (Å²) in [4.78, 5) is 15.8. The number of nitrogens with zero attached hydrogens (tertiary/aromatic N) is 1. The number of pyridine rings is 1. The number of benzene rings is 1. The Kier molecular flexibility index (Phi) is 3.63. The number of aromatic nitrogens is 1. The van der Waals surface area contributed by atoms with Crippen molar-refractivity contribution in [2.75, 3.05) is 5.32 Å². The van der Waals surface area contributed by atoms with Gasteiger partial charge in [0.2, 0.25) is 0 Å². The zero-order chi connectivity index (χ0) is 13.1. The third-order valence-corrected chi connectivity index (χ3v) is 3.33. The molecular weight excluding hydrogens is 248 g/mol. The van der Waals surface area contributed by atoms with E-state index in [0.29, 0.717) is 16.3 Å². The molecule has 1 aromatic heterocycles. The Morgan fingerprint density at radius 1 is 1.17 bits per heavy atom. The molecule has 0 bridgehead atoms. The summed E-state index contributed by atoms with van der Waals surface area (Å²) < 4.78 is 0. The van der Waals surface area contributed by atoms with Gasteiger partial charge in [0.15, 0.2) is 0 Å². The van der Waals surface area contributed by atoms with Crippen LogP contribution in [0.25, 0.3) is 0 Å². The largest absolute Gasteiger partial charge is 0.321 e. The number of hydrogen-bond donors (Lipinski definition) is 1. The molecule has 3 nitrogen and oxygen atoms in total. The molecule has 0 aliphatic rings. The van der Waals surface area contributed by atoms with Gasteiger partial charge in [-0.25, -0.2) is 0 Å². The number of anilines is 1. The molecule has 4 heteroatoms. The van der Waals surface area contributed by atoms with Crippen LogP contribution in [0.4, 0.5) is 5.69 Å². The van der Waals surface area contributed by atoms with Crippen molar-refractivity contribution in [1.82, 2.24) is 4.98 Å². The second-order valence-corrected chi connectivity index (χ2v) is 4.44. The lowest BCUT2D eigenvalue weighted by molar-refractivity contribution is 0.102. The molecule has 92 valence electrons. The lowest BCUT2D eigenvalue weighted by atomic mass is 10.1. The number of hydrogen-bond acceptors (Lipinski definition) is 2. The van der Waals surface area contributed by atoms with E-state index in [1.807, 2.05) is 26.0 Å². The first kappa shape index (κ1) is 12.6. The maximum Gasteiger partial charge on any atom is 0.255 e. The maximum atomic E-state index is 12.0. The fourth-order valence-electron chi connectivity index (χ4n) is 1.58. The van der Waals surface area contributed by atoms with E-state index < -0.39 is 0 Å². The first-order valence-electron chi connectivity index (χ1n) is 5.56. The summed E-state index contributed by atoms with van der Waals surface area (Å²) in [6.45, 7) is 3.91. The monoisotopic (exact) mass is 260 g/mol. The van der Waals surface area contributed by atoms with Gasteiger partial charge in [-0.3, -0.25) is 9.78 Å². The highest BCUT2D eigenvalue weighted by Crippen LogP contribution is 2.28. The minimum atomic E-state index is -0.192. The molecule has 0 fully saturated rings. The number of amides is 1. The molecule has 1 heterocycles. The van der Waals surface area contributed by atoms with E-state index >= 15 is 0 Å². The van der Waals surface area contributed by atoms with Crippen molar-refractivity contribution < 1.29 is 4.79 Å². The molecule has 0 aliphatic carbocycles. The topological polar surface area (TPSA) is 42.0 Å². The molecule has 0 radical (unpaired) electrons. The fraction of sp³-hybridized carbons (Fsp3) is 0.143. The van der Waals surface area contributed by atoms with Crippen LogP contribution in [0.5, 0.6) is 0 Å². The first-order valence-corrected chi connectivity index (χ1v) is 5.94. The molecule has 2 rings (SSSR count). The van der Waals surface area contributed by atoms with Gasteiger partial charge in [-0.1, -0.05) is 17.7 Å². The summed E-state index contributed by atoms with van der Waals surface area (Å²) in [5, 5.41) is 3.38. The molecule has 1 amide bonds. The van der Waals surface area contributed by atoms with Gasteiger partial charge in [-0.05, 0) is 43.2 Å².